The predicted molar refractivity (Wildman–Crippen MR) is 106 cm³/mol. The fraction of sp³-hybridized carbons (Fsp3) is 0.0952. The average Bonchev–Trinajstić information content (AvgIpc) is 2.99. The maximum Gasteiger partial charge on any atom is 0.416 e. The fourth-order valence-corrected chi connectivity index (χ4v) is 3.29. The topological polar surface area (TPSA) is 87.4 Å². The van der Waals surface area contributed by atoms with Gasteiger partial charge in [0.1, 0.15) is 5.56 Å². The van der Waals surface area contributed by atoms with E-state index in [0.29, 0.717) is 27.6 Å². The van der Waals surface area contributed by atoms with E-state index in [2.05, 4.69) is 4.99 Å². The SMILES string of the molecule is CC1=Nc2ccccc2C1=Cc1c(O)n(-c2cccc(C(F)(F)F)c2)c(=O)[nH]c1=O. The molecule has 2 aromatic carbocycles. The van der Waals surface area contributed by atoms with Gasteiger partial charge in [-0.25, -0.2) is 9.36 Å². The molecule has 0 aliphatic carbocycles. The summed E-state index contributed by atoms with van der Waals surface area (Å²) in [6, 6.07) is 11.1. The number of H-pyrrole nitrogens is 1. The Morgan fingerprint density at radius 2 is 1.83 bits per heavy atom. The molecular weight excluding hydrogens is 399 g/mol. The number of fused-ring (bicyclic) bond motifs is 1. The van der Waals surface area contributed by atoms with Crippen molar-refractivity contribution < 1.29 is 18.3 Å². The average molecular weight is 413 g/mol. The van der Waals surface area contributed by atoms with Gasteiger partial charge in [-0.2, -0.15) is 13.2 Å². The van der Waals surface area contributed by atoms with Crippen LogP contribution in [-0.4, -0.2) is 20.4 Å². The number of halogens is 3. The van der Waals surface area contributed by atoms with Crippen LogP contribution in [0.5, 0.6) is 5.88 Å². The minimum atomic E-state index is -4.64. The van der Waals surface area contributed by atoms with Gasteiger partial charge in [-0.05, 0) is 37.3 Å². The zero-order valence-corrected chi connectivity index (χ0v) is 15.5. The Balaban J connectivity index is 1.93. The fourth-order valence-electron chi connectivity index (χ4n) is 3.29. The number of aromatic amines is 1. The molecule has 152 valence electrons. The number of nitrogens with one attached hydrogen (secondary N) is 1. The number of para-hydroxylation sites is 1. The number of aliphatic imine (C=N–C) groups is 1. The Labute approximate surface area is 167 Å². The van der Waals surface area contributed by atoms with Crippen molar-refractivity contribution in [3.8, 4) is 11.6 Å². The first kappa shape index (κ1) is 19.4. The van der Waals surface area contributed by atoms with Gasteiger partial charge in [0.2, 0.25) is 5.88 Å². The Hall–Kier alpha value is -3.88. The van der Waals surface area contributed by atoms with E-state index in [1.807, 2.05) is 4.98 Å². The molecule has 2 heterocycles. The minimum Gasteiger partial charge on any atom is -0.494 e. The molecular formula is C21H14F3N3O3. The van der Waals surface area contributed by atoms with Crippen LogP contribution in [0, 0.1) is 0 Å². The monoisotopic (exact) mass is 413 g/mol. The summed E-state index contributed by atoms with van der Waals surface area (Å²) in [4.78, 5) is 31.1. The lowest BCUT2D eigenvalue weighted by Crippen LogP contribution is -2.30. The lowest BCUT2D eigenvalue weighted by atomic mass is 10.0. The van der Waals surface area contributed by atoms with E-state index in [0.717, 1.165) is 17.7 Å². The molecule has 0 fully saturated rings. The second-order valence-electron chi connectivity index (χ2n) is 6.65. The smallest absolute Gasteiger partial charge is 0.416 e. The molecule has 0 saturated carbocycles. The summed E-state index contributed by atoms with van der Waals surface area (Å²) in [5, 5.41) is 10.7. The molecule has 0 amide bonds. The first-order valence-corrected chi connectivity index (χ1v) is 8.79. The molecule has 1 aliphatic heterocycles. The minimum absolute atomic E-state index is 0.236. The summed E-state index contributed by atoms with van der Waals surface area (Å²) < 4.78 is 39.8. The molecule has 0 spiro atoms. The van der Waals surface area contributed by atoms with Gasteiger partial charge in [-0.3, -0.25) is 14.8 Å². The number of hydrogen-bond acceptors (Lipinski definition) is 4. The number of aromatic hydroxyl groups is 1. The van der Waals surface area contributed by atoms with Crippen LogP contribution in [0.4, 0.5) is 18.9 Å². The molecule has 1 aliphatic rings. The number of rotatable bonds is 2. The molecule has 0 bridgehead atoms. The largest absolute Gasteiger partial charge is 0.494 e. The van der Waals surface area contributed by atoms with Gasteiger partial charge in [0.05, 0.1) is 16.9 Å². The summed E-state index contributed by atoms with van der Waals surface area (Å²) in [6.45, 7) is 1.72. The van der Waals surface area contributed by atoms with Crippen molar-refractivity contribution in [2.24, 2.45) is 4.99 Å². The molecule has 2 N–H and O–H groups in total. The van der Waals surface area contributed by atoms with Crippen molar-refractivity contribution in [3.05, 3.63) is 86.1 Å². The Morgan fingerprint density at radius 3 is 2.57 bits per heavy atom. The standard InChI is InChI=1S/C21H14F3N3O3/c1-11-15(14-7-2-3-8-17(14)25-11)10-16-18(28)26-20(30)27(19(16)29)13-6-4-5-12(9-13)21(22,23)24/h2-10,29H,1H3,(H,26,28,30). The normalized spacial score (nSPS) is 14.7. The van der Waals surface area contributed by atoms with Crippen LogP contribution in [-0.2, 0) is 6.18 Å². The molecule has 0 radical (unpaired) electrons. The Bertz CT molecular complexity index is 1350. The third-order valence-electron chi connectivity index (χ3n) is 4.71. The van der Waals surface area contributed by atoms with Crippen molar-refractivity contribution in [1.82, 2.24) is 9.55 Å². The number of hydrogen-bond donors (Lipinski definition) is 2. The molecule has 9 heteroatoms. The molecule has 1 aromatic heterocycles. The summed E-state index contributed by atoms with van der Waals surface area (Å²) in [6.07, 6.45) is -3.27. The van der Waals surface area contributed by atoms with Crippen LogP contribution >= 0.6 is 0 Å². The maximum atomic E-state index is 13.1. The molecule has 0 unspecified atom stereocenters. The third kappa shape index (κ3) is 3.24. The van der Waals surface area contributed by atoms with Crippen molar-refractivity contribution in [2.75, 3.05) is 0 Å². The second-order valence-corrected chi connectivity index (χ2v) is 6.65. The third-order valence-corrected chi connectivity index (χ3v) is 4.71. The number of allylic oxidation sites excluding steroid dienone is 1. The highest BCUT2D eigenvalue weighted by Gasteiger charge is 2.31. The molecule has 6 nitrogen and oxygen atoms in total. The summed E-state index contributed by atoms with van der Waals surface area (Å²) in [7, 11) is 0. The quantitative estimate of drug-likeness (QED) is 0.668. The number of nitrogens with zero attached hydrogens (tertiary/aromatic N) is 2. The molecule has 30 heavy (non-hydrogen) atoms. The van der Waals surface area contributed by atoms with E-state index in [4.69, 9.17) is 0 Å². The van der Waals surface area contributed by atoms with E-state index in [1.165, 1.54) is 12.1 Å². The lowest BCUT2D eigenvalue weighted by molar-refractivity contribution is -0.137. The highest BCUT2D eigenvalue weighted by atomic mass is 19.4. The van der Waals surface area contributed by atoms with Crippen LogP contribution < -0.4 is 11.2 Å². The van der Waals surface area contributed by atoms with Gasteiger partial charge >= 0.3 is 11.9 Å². The zero-order chi connectivity index (χ0) is 21.6. The van der Waals surface area contributed by atoms with Gasteiger partial charge in [0.15, 0.2) is 0 Å². The second kappa shape index (κ2) is 6.87. The van der Waals surface area contributed by atoms with Crippen LogP contribution in [0.3, 0.4) is 0 Å². The maximum absolute atomic E-state index is 13.1. The molecule has 4 rings (SSSR count). The highest BCUT2D eigenvalue weighted by molar-refractivity contribution is 6.31. The van der Waals surface area contributed by atoms with Crippen molar-refractivity contribution in [3.63, 3.8) is 0 Å². The van der Waals surface area contributed by atoms with Crippen LogP contribution in [0.1, 0.15) is 23.6 Å². The number of alkyl halides is 3. The molecule has 3 aromatic rings. The molecule has 0 saturated heterocycles. The summed E-state index contributed by atoms with van der Waals surface area (Å²) in [5.74, 6) is -0.771. The summed E-state index contributed by atoms with van der Waals surface area (Å²) in [5.41, 5.74) is -0.873. The first-order chi connectivity index (χ1) is 14.2. The number of benzene rings is 2. The van der Waals surface area contributed by atoms with Crippen molar-refractivity contribution in [1.29, 1.82) is 0 Å². The van der Waals surface area contributed by atoms with Crippen LogP contribution in [0.2, 0.25) is 0 Å². The van der Waals surface area contributed by atoms with E-state index in [-0.39, 0.29) is 11.3 Å². The number of aromatic nitrogens is 2. The van der Waals surface area contributed by atoms with Gasteiger partial charge in [0.25, 0.3) is 5.56 Å². The van der Waals surface area contributed by atoms with Crippen molar-refractivity contribution >= 4 is 23.0 Å². The van der Waals surface area contributed by atoms with Crippen LogP contribution in [0.25, 0.3) is 17.3 Å². The Morgan fingerprint density at radius 1 is 1.10 bits per heavy atom. The van der Waals surface area contributed by atoms with Crippen LogP contribution in [0.15, 0.2) is 63.1 Å². The first-order valence-electron chi connectivity index (χ1n) is 8.79. The van der Waals surface area contributed by atoms with Gasteiger partial charge in [-0.1, -0.05) is 24.3 Å². The van der Waals surface area contributed by atoms with Gasteiger partial charge in [0, 0.05) is 16.8 Å². The highest BCUT2D eigenvalue weighted by Crippen LogP contribution is 2.36. The summed E-state index contributed by atoms with van der Waals surface area (Å²) >= 11 is 0. The zero-order valence-electron chi connectivity index (χ0n) is 15.5. The van der Waals surface area contributed by atoms with Gasteiger partial charge in [-0.15, -0.1) is 0 Å². The van der Waals surface area contributed by atoms with Gasteiger partial charge < -0.3 is 5.11 Å². The molecule has 0 atom stereocenters. The van der Waals surface area contributed by atoms with E-state index in [1.54, 1.807) is 31.2 Å². The lowest BCUT2D eigenvalue weighted by Gasteiger charge is -2.13. The van der Waals surface area contributed by atoms with Crippen molar-refractivity contribution in [2.45, 2.75) is 13.1 Å². The van der Waals surface area contributed by atoms with E-state index in [9.17, 15) is 27.9 Å². The predicted octanol–water partition coefficient (Wildman–Crippen LogP) is 3.90. The van der Waals surface area contributed by atoms with E-state index < -0.39 is 28.9 Å². The Kier molecular flexibility index (Phi) is 4.45. The van der Waals surface area contributed by atoms with E-state index >= 15 is 0 Å².